The maximum Gasteiger partial charge on any atom is 0.435 e. The lowest BCUT2D eigenvalue weighted by atomic mass is 10.2. The first-order valence-electron chi connectivity index (χ1n) is 7.31. The van der Waals surface area contributed by atoms with Crippen LogP contribution < -0.4 is 0 Å². The summed E-state index contributed by atoms with van der Waals surface area (Å²) in [5, 5.41) is 0. The smallest absolute Gasteiger partial charge is 0.435 e. The lowest BCUT2D eigenvalue weighted by Crippen LogP contribution is -2.42. The van der Waals surface area contributed by atoms with Crippen LogP contribution in [0.1, 0.15) is 42.8 Å². The molecule has 0 saturated carbocycles. The van der Waals surface area contributed by atoms with Gasteiger partial charge in [-0.25, -0.2) is 14.6 Å². The van der Waals surface area contributed by atoms with Gasteiger partial charge in [0.2, 0.25) is 0 Å². The van der Waals surface area contributed by atoms with E-state index in [1.54, 1.807) is 20.8 Å². The molecular weight excluding hydrogens is 367 g/mol. The van der Waals surface area contributed by atoms with Crippen LogP contribution in [0.5, 0.6) is 0 Å². The highest BCUT2D eigenvalue weighted by atomic mass is 35.5. The molecule has 0 radical (unpaired) electrons. The van der Waals surface area contributed by atoms with Crippen LogP contribution in [-0.2, 0) is 28.7 Å². The standard InChI is InChI=1S/C14H17ClF3N3O4/c1-13(2,3)25-12(23)20-4-5-21-8(6-20)19-10(14(16,17)18)9(21)11(22)24-7-15/h4-7H2,1-3H3. The molecule has 7 nitrogen and oxygen atoms in total. The third-order valence-corrected chi connectivity index (χ3v) is 3.38. The first-order chi connectivity index (χ1) is 11.4. The van der Waals surface area contributed by atoms with Gasteiger partial charge in [0.1, 0.15) is 11.4 Å². The molecule has 0 N–H and O–H groups in total. The Morgan fingerprint density at radius 1 is 1.24 bits per heavy atom. The fourth-order valence-electron chi connectivity index (χ4n) is 2.34. The van der Waals surface area contributed by atoms with Gasteiger partial charge in [-0.15, -0.1) is 0 Å². The summed E-state index contributed by atoms with van der Waals surface area (Å²) in [4.78, 5) is 28.7. The molecule has 1 amide bonds. The Balaban J connectivity index is 2.34. The van der Waals surface area contributed by atoms with Crippen molar-refractivity contribution in [2.24, 2.45) is 0 Å². The number of aromatic nitrogens is 2. The number of carbonyl (C=O) groups excluding carboxylic acids is 2. The number of fused-ring (bicyclic) bond motifs is 1. The molecule has 0 spiro atoms. The van der Waals surface area contributed by atoms with Crippen LogP contribution >= 0.6 is 11.6 Å². The molecule has 0 fully saturated rings. The van der Waals surface area contributed by atoms with Crippen LogP contribution in [0.25, 0.3) is 0 Å². The molecule has 1 aliphatic rings. The van der Waals surface area contributed by atoms with Gasteiger partial charge in [0.25, 0.3) is 0 Å². The van der Waals surface area contributed by atoms with Crippen LogP contribution in [-0.4, -0.2) is 44.7 Å². The minimum atomic E-state index is -4.85. The summed E-state index contributed by atoms with van der Waals surface area (Å²) in [6.07, 6.45) is -5.51. The van der Waals surface area contributed by atoms with Gasteiger partial charge in [0, 0.05) is 13.1 Å². The van der Waals surface area contributed by atoms with Crippen molar-refractivity contribution in [2.45, 2.75) is 45.6 Å². The highest BCUT2D eigenvalue weighted by molar-refractivity contribution is 6.17. The SMILES string of the molecule is CC(C)(C)OC(=O)N1CCn2c(nc(C(F)(F)F)c2C(=O)OCCl)C1. The van der Waals surface area contributed by atoms with Gasteiger partial charge in [-0.2, -0.15) is 13.2 Å². The minimum Gasteiger partial charge on any atom is -0.445 e. The van der Waals surface area contributed by atoms with Crippen LogP contribution in [0.2, 0.25) is 0 Å². The fraction of sp³-hybridized carbons (Fsp3) is 0.643. The van der Waals surface area contributed by atoms with E-state index in [0.717, 1.165) is 4.57 Å². The van der Waals surface area contributed by atoms with Gasteiger partial charge < -0.3 is 14.0 Å². The van der Waals surface area contributed by atoms with Gasteiger partial charge in [-0.05, 0) is 20.8 Å². The summed E-state index contributed by atoms with van der Waals surface area (Å²) < 4.78 is 50.4. The molecule has 140 valence electrons. The van der Waals surface area contributed by atoms with Crippen LogP contribution in [0, 0.1) is 0 Å². The summed E-state index contributed by atoms with van der Waals surface area (Å²) in [6.45, 7) is 4.83. The van der Waals surface area contributed by atoms with Crippen molar-refractivity contribution >= 4 is 23.7 Å². The third kappa shape index (κ3) is 4.36. The molecule has 0 aliphatic carbocycles. The Morgan fingerprint density at radius 3 is 2.40 bits per heavy atom. The Morgan fingerprint density at radius 2 is 1.88 bits per heavy atom. The van der Waals surface area contributed by atoms with E-state index in [9.17, 15) is 22.8 Å². The highest BCUT2D eigenvalue weighted by Crippen LogP contribution is 2.33. The average molecular weight is 384 g/mol. The quantitative estimate of drug-likeness (QED) is 0.580. The zero-order valence-corrected chi connectivity index (χ0v) is 14.6. The van der Waals surface area contributed by atoms with E-state index in [4.69, 9.17) is 16.3 Å². The van der Waals surface area contributed by atoms with Gasteiger partial charge in [-0.1, -0.05) is 11.6 Å². The van der Waals surface area contributed by atoms with E-state index in [-0.39, 0.29) is 25.5 Å². The van der Waals surface area contributed by atoms with Gasteiger partial charge in [-0.3, -0.25) is 4.90 Å². The van der Waals surface area contributed by atoms with Crippen molar-refractivity contribution in [1.29, 1.82) is 0 Å². The number of rotatable bonds is 2. The summed E-state index contributed by atoms with van der Waals surface area (Å²) in [5.41, 5.74) is -2.81. The monoisotopic (exact) mass is 383 g/mol. The van der Waals surface area contributed by atoms with Crippen LogP contribution in [0.3, 0.4) is 0 Å². The van der Waals surface area contributed by atoms with E-state index in [1.165, 1.54) is 4.90 Å². The number of alkyl halides is 4. The first-order valence-corrected chi connectivity index (χ1v) is 7.85. The van der Waals surface area contributed by atoms with Gasteiger partial charge >= 0.3 is 18.2 Å². The Bertz CT molecular complexity index is 682. The second-order valence-corrected chi connectivity index (χ2v) is 6.54. The Kier molecular flexibility index (Phi) is 5.22. The average Bonchev–Trinajstić information content (AvgIpc) is 2.84. The fourth-order valence-corrected chi connectivity index (χ4v) is 2.44. The molecule has 1 aromatic rings. The predicted molar refractivity (Wildman–Crippen MR) is 80.0 cm³/mol. The molecule has 25 heavy (non-hydrogen) atoms. The zero-order chi connectivity index (χ0) is 19.0. The van der Waals surface area contributed by atoms with E-state index < -0.39 is 41.3 Å². The summed E-state index contributed by atoms with van der Waals surface area (Å²) in [7, 11) is 0. The molecule has 11 heteroatoms. The number of amides is 1. The molecule has 0 atom stereocenters. The molecule has 0 bridgehead atoms. The molecular formula is C14H17ClF3N3O4. The minimum absolute atomic E-state index is 0.0512. The Hall–Kier alpha value is -1.97. The van der Waals surface area contributed by atoms with Crippen molar-refractivity contribution < 1.29 is 32.2 Å². The molecule has 1 aromatic heterocycles. The molecule has 2 heterocycles. The maximum absolute atomic E-state index is 13.2. The molecule has 1 aliphatic heterocycles. The lowest BCUT2D eigenvalue weighted by Gasteiger charge is -2.30. The molecule has 0 saturated heterocycles. The molecule has 2 rings (SSSR count). The third-order valence-electron chi connectivity index (χ3n) is 3.27. The largest absolute Gasteiger partial charge is 0.445 e. The van der Waals surface area contributed by atoms with E-state index in [0.29, 0.717) is 0 Å². The zero-order valence-electron chi connectivity index (χ0n) is 13.8. The normalized spacial score (nSPS) is 14.9. The number of carbonyl (C=O) groups is 2. The van der Waals surface area contributed by atoms with Crippen molar-refractivity contribution in [3.8, 4) is 0 Å². The number of nitrogens with zero attached hydrogens (tertiary/aromatic N) is 3. The topological polar surface area (TPSA) is 73.7 Å². The van der Waals surface area contributed by atoms with E-state index in [2.05, 4.69) is 9.72 Å². The number of ether oxygens (including phenoxy) is 2. The molecule has 0 unspecified atom stereocenters. The van der Waals surface area contributed by atoms with Gasteiger partial charge in [0.15, 0.2) is 17.5 Å². The van der Waals surface area contributed by atoms with Crippen LogP contribution in [0.15, 0.2) is 0 Å². The molecule has 0 aromatic carbocycles. The number of imidazole rings is 1. The second kappa shape index (κ2) is 6.74. The predicted octanol–water partition coefficient (Wildman–Crippen LogP) is 3.01. The Labute approximate surface area is 146 Å². The van der Waals surface area contributed by atoms with Gasteiger partial charge in [0.05, 0.1) is 6.54 Å². The summed E-state index contributed by atoms with van der Waals surface area (Å²) in [5.74, 6) is -1.29. The second-order valence-electron chi connectivity index (χ2n) is 6.32. The van der Waals surface area contributed by atoms with E-state index >= 15 is 0 Å². The number of hydrogen-bond acceptors (Lipinski definition) is 5. The van der Waals surface area contributed by atoms with Crippen molar-refractivity contribution in [3.63, 3.8) is 0 Å². The van der Waals surface area contributed by atoms with E-state index in [1.807, 2.05) is 0 Å². The summed E-state index contributed by atoms with van der Waals surface area (Å²) >= 11 is 5.27. The lowest BCUT2D eigenvalue weighted by molar-refractivity contribution is -0.141. The maximum atomic E-state index is 13.2. The van der Waals surface area contributed by atoms with Crippen molar-refractivity contribution in [3.05, 3.63) is 17.2 Å². The first kappa shape index (κ1) is 19.4. The number of halogens is 4. The van der Waals surface area contributed by atoms with Crippen LogP contribution in [0.4, 0.5) is 18.0 Å². The number of esters is 1. The highest BCUT2D eigenvalue weighted by Gasteiger charge is 2.43. The van der Waals surface area contributed by atoms with Crippen molar-refractivity contribution in [2.75, 3.05) is 12.6 Å². The summed E-state index contributed by atoms with van der Waals surface area (Å²) in [6, 6.07) is -0.583. The van der Waals surface area contributed by atoms with Crippen molar-refractivity contribution in [1.82, 2.24) is 14.5 Å². The number of hydrogen-bond donors (Lipinski definition) is 0.